The fraction of sp³-hybridized carbons (Fsp3) is 0.838. The van der Waals surface area contributed by atoms with Gasteiger partial charge in [0.1, 0.15) is 0 Å². The molecule has 0 bridgehead atoms. The highest BCUT2D eigenvalue weighted by molar-refractivity contribution is 5.29. The van der Waals surface area contributed by atoms with Crippen molar-refractivity contribution >= 4 is 0 Å². The van der Waals surface area contributed by atoms with E-state index in [-0.39, 0.29) is 0 Å². The molecule has 0 N–H and O–H groups in total. The van der Waals surface area contributed by atoms with E-state index in [4.69, 9.17) is 6.58 Å². The molecular formula is C37H62. The summed E-state index contributed by atoms with van der Waals surface area (Å²) in [4.78, 5) is 0. The monoisotopic (exact) mass is 506 g/mol. The zero-order chi connectivity index (χ0) is 27.6. The maximum atomic E-state index is 4.84. The van der Waals surface area contributed by atoms with Gasteiger partial charge in [0, 0.05) is 0 Å². The first-order chi connectivity index (χ1) is 17.2. The van der Waals surface area contributed by atoms with Crippen molar-refractivity contribution in [1.29, 1.82) is 0 Å². The molecule has 0 aromatic carbocycles. The van der Waals surface area contributed by atoms with E-state index in [1.165, 1.54) is 81.8 Å². The van der Waals surface area contributed by atoms with Gasteiger partial charge < -0.3 is 0 Å². The van der Waals surface area contributed by atoms with E-state index in [9.17, 15) is 0 Å². The Morgan fingerprint density at radius 2 is 1.65 bits per heavy atom. The van der Waals surface area contributed by atoms with Crippen LogP contribution in [0, 0.1) is 57.2 Å². The van der Waals surface area contributed by atoms with E-state index in [1.807, 2.05) is 0 Å². The SMILES string of the molecule is C=C(C)/C(C)=C(/C)CC(C)C(C)C1(C)CCC2C3C(C)CC4(CCC)CCCC(=C)C4(C)C3CCC21C. The van der Waals surface area contributed by atoms with Crippen molar-refractivity contribution in [2.24, 2.45) is 57.2 Å². The third-order valence-corrected chi connectivity index (χ3v) is 14.6. The third kappa shape index (κ3) is 4.11. The summed E-state index contributed by atoms with van der Waals surface area (Å²) in [7, 11) is 0. The maximum absolute atomic E-state index is 4.84. The predicted octanol–water partition coefficient (Wildman–Crippen LogP) is 11.6. The fourth-order valence-electron chi connectivity index (χ4n) is 11.7. The van der Waals surface area contributed by atoms with Crippen LogP contribution in [0.1, 0.15) is 140 Å². The lowest BCUT2D eigenvalue weighted by atomic mass is 9.36. The van der Waals surface area contributed by atoms with Crippen LogP contribution in [0.5, 0.6) is 0 Å². The minimum atomic E-state index is 0.361. The Kier molecular flexibility index (Phi) is 7.89. The summed E-state index contributed by atoms with van der Waals surface area (Å²) in [6, 6.07) is 0. The van der Waals surface area contributed by atoms with Crippen LogP contribution in [0.25, 0.3) is 0 Å². The quantitative estimate of drug-likeness (QED) is 0.238. The third-order valence-electron chi connectivity index (χ3n) is 14.6. The second kappa shape index (κ2) is 10.0. The molecule has 4 saturated carbocycles. The lowest BCUT2D eigenvalue weighted by molar-refractivity contribution is -0.174. The summed E-state index contributed by atoms with van der Waals surface area (Å²) in [6.07, 6.45) is 15.3. The van der Waals surface area contributed by atoms with E-state index in [0.717, 1.165) is 29.6 Å². The van der Waals surface area contributed by atoms with Crippen molar-refractivity contribution in [3.8, 4) is 0 Å². The lowest BCUT2D eigenvalue weighted by Gasteiger charge is -2.69. The summed E-state index contributed by atoms with van der Waals surface area (Å²) < 4.78 is 0. The molecule has 4 rings (SSSR count). The van der Waals surface area contributed by atoms with Crippen LogP contribution in [0.15, 0.2) is 35.5 Å². The van der Waals surface area contributed by atoms with Gasteiger partial charge >= 0.3 is 0 Å². The van der Waals surface area contributed by atoms with Gasteiger partial charge in [-0.05, 0) is 148 Å². The molecule has 0 radical (unpaired) electrons. The van der Waals surface area contributed by atoms with Crippen LogP contribution in [0.3, 0.4) is 0 Å². The molecule has 0 aromatic heterocycles. The van der Waals surface area contributed by atoms with Crippen LogP contribution in [-0.4, -0.2) is 0 Å². The molecule has 10 atom stereocenters. The predicted molar refractivity (Wildman–Crippen MR) is 164 cm³/mol. The van der Waals surface area contributed by atoms with Gasteiger partial charge in [0.2, 0.25) is 0 Å². The molecule has 4 fully saturated rings. The van der Waals surface area contributed by atoms with Crippen LogP contribution < -0.4 is 0 Å². The molecule has 0 heterocycles. The van der Waals surface area contributed by atoms with Crippen molar-refractivity contribution in [3.05, 3.63) is 35.5 Å². The van der Waals surface area contributed by atoms with Gasteiger partial charge in [-0.2, -0.15) is 0 Å². The van der Waals surface area contributed by atoms with Crippen LogP contribution in [0.4, 0.5) is 0 Å². The fourth-order valence-corrected chi connectivity index (χ4v) is 11.7. The van der Waals surface area contributed by atoms with E-state index < -0.39 is 0 Å². The average Bonchev–Trinajstić information content (AvgIpc) is 3.11. The van der Waals surface area contributed by atoms with E-state index in [1.54, 1.807) is 11.1 Å². The number of fused-ring (bicyclic) bond motifs is 5. The highest BCUT2D eigenvalue weighted by Gasteiger charge is 2.68. The minimum Gasteiger partial charge on any atom is -0.0993 e. The van der Waals surface area contributed by atoms with Gasteiger partial charge in [-0.1, -0.05) is 84.8 Å². The Hall–Kier alpha value is -0.780. The van der Waals surface area contributed by atoms with Gasteiger partial charge in [-0.15, -0.1) is 0 Å². The second-order valence-corrected chi connectivity index (χ2v) is 15.7. The van der Waals surface area contributed by atoms with Crippen LogP contribution >= 0.6 is 0 Å². The first-order valence-corrected chi connectivity index (χ1v) is 16.2. The summed E-state index contributed by atoms with van der Waals surface area (Å²) in [5.41, 5.74) is 7.62. The molecule has 0 aromatic rings. The molecule has 10 unspecified atom stereocenters. The molecule has 0 saturated heterocycles. The smallest absolute Gasteiger partial charge is 0.00315 e. The van der Waals surface area contributed by atoms with Gasteiger partial charge in [0.25, 0.3) is 0 Å². The molecule has 0 nitrogen and oxygen atoms in total. The van der Waals surface area contributed by atoms with Crippen molar-refractivity contribution in [2.45, 2.75) is 140 Å². The molecule has 0 aliphatic heterocycles. The lowest BCUT2D eigenvalue weighted by Crippen LogP contribution is -2.61. The molecule has 0 amide bonds. The number of rotatable bonds is 7. The Balaban J connectivity index is 1.65. The zero-order valence-electron chi connectivity index (χ0n) is 26.7. The first kappa shape index (κ1) is 29.2. The Morgan fingerprint density at radius 3 is 2.27 bits per heavy atom. The average molecular weight is 507 g/mol. The Labute approximate surface area is 232 Å². The van der Waals surface area contributed by atoms with Gasteiger partial charge in [-0.25, -0.2) is 0 Å². The van der Waals surface area contributed by atoms with Crippen LogP contribution in [0.2, 0.25) is 0 Å². The zero-order valence-corrected chi connectivity index (χ0v) is 26.7. The summed E-state index contributed by atoms with van der Waals surface area (Å²) in [6.45, 7) is 34.3. The van der Waals surface area contributed by atoms with Crippen molar-refractivity contribution in [1.82, 2.24) is 0 Å². The summed E-state index contributed by atoms with van der Waals surface area (Å²) in [5.74, 6) is 4.95. The van der Waals surface area contributed by atoms with E-state index in [2.05, 4.69) is 75.8 Å². The van der Waals surface area contributed by atoms with E-state index >= 15 is 0 Å². The van der Waals surface area contributed by atoms with Gasteiger partial charge in [0.15, 0.2) is 0 Å². The molecule has 4 aliphatic rings. The maximum Gasteiger partial charge on any atom is -0.00315 e. The Bertz CT molecular complexity index is 930. The molecule has 37 heavy (non-hydrogen) atoms. The standard InChI is InChI=1S/C37H62/c1-13-18-37-19-14-15-28(7)36(37,12)32-17-21-35(11)31(33(32)27(6)23-37)16-20-34(35,10)30(9)26(5)22-25(4)29(8)24(2)3/h26-27,30-33H,2,7,13-23H2,1,3-6,8-12H3/b29-25-. The van der Waals surface area contributed by atoms with Crippen LogP contribution in [-0.2, 0) is 0 Å². The first-order valence-electron chi connectivity index (χ1n) is 16.2. The van der Waals surface area contributed by atoms with Crippen molar-refractivity contribution in [2.75, 3.05) is 0 Å². The van der Waals surface area contributed by atoms with Crippen molar-refractivity contribution in [3.63, 3.8) is 0 Å². The highest BCUT2D eigenvalue weighted by Crippen LogP contribution is 2.76. The number of allylic oxidation sites excluding steroid dienone is 4. The van der Waals surface area contributed by atoms with Gasteiger partial charge in [0.05, 0.1) is 0 Å². The second-order valence-electron chi connectivity index (χ2n) is 15.7. The largest absolute Gasteiger partial charge is 0.0993 e. The Morgan fingerprint density at radius 1 is 1.00 bits per heavy atom. The minimum absolute atomic E-state index is 0.361. The normalized spacial score (nSPS) is 45.8. The summed E-state index contributed by atoms with van der Waals surface area (Å²) in [5, 5.41) is 0. The summed E-state index contributed by atoms with van der Waals surface area (Å²) >= 11 is 0. The molecular weight excluding hydrogens is 444 g/mol. The molecule has 4 aliphatic carbocycles. The van der Waals surface area contributed by atoms with Gasteiger partial charge in [-0.3, -0.25) is 0 Å². The number of hydrogen-bond acceptors (Lipinski definition) is 0. The van der Waals surface area contributed by atoms with E-state index in [0.29, 0.717) is 27.6 Å². The molecule has 210 valence electrons. The molecule has 0 spiro atoms. The van der Waals surface area contributed by atoms with Crippen molar-refractivity contribution < 1.29 is 0 Å². The number of hydrogen-bond donors (Lipinski definition) is 0. The molecule has 0 heteroatoms. The highest BCUT2D eigenvalue weighted by atomic mass is 14.7. The topological polar surface area (TPSA) is 0 Å².